The minimum absolute atomic E-state index is 0.144. The summed E-state index contributed by atoms with van der Waals surface area (Å²) in [6.07, 6.45) is 6.63. The van der Waals surface area contributed by atoms with E-state index in [1.165, 1.54) is 12.5 Å². The highest BCUT2D eigenvalue weighted by atomic mass is 16.6. The van der Waals surface area contributed by atoms with Crippen LogP contribution in [-0.2, 0) is 31.0 Å². The van der Waals surface area contributed by atoms with Gasteiger partial charge in [0.25, 0.3) is 0 Å². The number of ether oxygens (including phenoxy) is 3. The van der Waals surface area contributed by atoms with Gasteiger partial charge in [0, 0.05) is 43.7 Å². The summed E-state index contributed by atoms with van der Waals surface area (Å²) < 4.78 is 19.8. The first-order valence-electron chi connectivity index (χ1n) is 11.2. The van der Waals surface area contributed by atoms with Crippen LogP contribution >= 0.6 is 0 Å². The van der Waals surface area contributed by atoms with Crippen LogP contribution in [-0.4, -0.2) is 53.5 Å². The maximum atomic E-state index is 11.6. The summed E-state index contributed by atoms with van der Waals surface area (Å²) in [5, 5.41) is 3.81. The van der Waals surface area contributed by atoms with Gasteiger partial charge >= 0.3 is 0 Å². The Morgan fingerprint density at radius 1 is 1.25 bits per heavy atom. The number of rotatable bonds is 3. The Morgan fingerprint density at radius 2 is 2.19 bits per heavy atom. The average molecular weight is 434 g/mol. The summed E-state index contributed by atoms with van der Waals surface area (Å²) in [7, 11) is 0. The summed E-state index contributed by atoms with van der Waals surface area (Å²) in [6.45, 7) is 4.87. The summed E-state index contributed by atoms with van der Waals surface area (Å²) >= 11 is 0. The fraction of sp³-hybridized carbons (Fsp3) is 0.458. The lowest BCUT2D eigenvalue weighted by Crippen LogP contribution is -2.37. The van der Waals surface area contributed by atoms with Crippen LogP contribution in [0.15, 0.2) is 30.6 Å². The molecule has 1 amide bonds. The Morgan fingerprint density at radius 3 is 2.97 bits per heavy atom. The van der Waals surface area contributed by atoms with E-state index < -0.39 is 5.60 Å². The van der Waals surface area contributed by atoms with E-state index in [-0.39, 0.29) is 11.9 Å². The van der Waals surface area contributed by atoms with Gasteiger partial charge in [0.2, 0.25) is 5.91 Å². The second kappa shape index (κ2) is 7.65. The number of anilines is 1. The van der Waals surface area contributed by atoms with Crippen LogP contribution in [0, 0.1) is 0 Å². The smallest absolute Gasteiger partial charge is 0.222 e. The Bertz CT molecular complexity index is 1190. The number of pyridine rings is 2. The van der Waals surface area contributed by atoms with Gasteiger partial charge in [0.15, 0.2) is 0 Å². The monoisotopic (exact) mass is 434 g/mol. The van der Waals surface area contributed by atoms with Crippen molar-refractivity contribution in [2.45, 2.75) is 37.8 Å². The van der Waals surface area contributed by atoms with Crippen LogP contribution in [0.1, 0.15) is 37.1 Å². The van der Waals surface area contributed by atoms with Gasteiger partial charge in [-0.05, 0) is 30.5 Å². The molecule has 2 fully saturated rings. The Hall–Kier alpha value is -2.81. The number of nitrogens with one attached hydrogen (secondary N) is 1. The summed E-state index contributed by atoms with van der Waals surface area (Å²) in [4.78, 5) is 21.2. The van der Waals surface area contributed by atoms with Crippen molar-refractivity contribution < 1.29 is 19.0 Å². The van der Waals surface area contributed by atoms with Gasteiger partial charge in [0.1, 0.15) is 11.4 Å². The van der Waals surface area contributed by atoms with E-state index in [4.69, 9.17) is 19.2 Å². The van der Waals surface area contributed by atoms with Gasteiger partial charge in [-0.2, -0.15) is 0 Å². The molecule has 2 saturated heterocycles. The van der Waals surface area contributed by atoms with Crippen LogP contribution < -0.4 is 5.32 Å². The second-order valence-corrected chi connectivity index (χ2v) is 8.83. The normalized spacial score (nSPS) is 24.8. The van der Waals surface area contributed by atoms with Crippen molar-refractivity contribution in [2.75, 3.05) is 38.4 Å². The molecule has 1 N–H and O–H groups in total. The lowest BCUT2D eigenvalue weighted by atomic mass is 9.89. The molecular weight excluding hydrogens is 408 g/mol. The zero-order valence-corrected chi connectivity index (χ0v) is 18.1. The third kappa shape index (κ3) is 3.21. The standard InChI is InChI=1S/C24H26N4O4/c1-15(29)26-22-10-18-19(12-28(21(18)11-25-22)17-5-7-30-13-17)20-3-2-16-4-8-32-24(23(16)27-20)6-9-31-14-24/h2-3,10-12,17H,4-9,13-14H2,1H3,(H,25,26,29)/t17-,24?/m1/s1. The molecule has 8 nitrogen and oxygen atoms in total. The van der Waals surface area contributed by atoms with Crippen LogP contribution in [0.2, 0.25) is 0 Å². The topological polar surface area (TPSA) is 87.5 Å². The zero-order chi connectivity index (χ0) is 21.7. The number of amides is 1. The highest BCUT2D eigenvalue weighted by Gasteiger charge is 2.43. The van der Waals surface area contributed by atoms with Gasteiger partial charge in [-0.15, -0.1) is 0 Å². The molecule has 0 radical (unpaired) electrons. The van der Waals surface area contributed by atoms with E-state index in [9.17, 15) is 4.79 Å². The SMILES string of the molecule is CC(=O)Nc1cc2c(-c3ccc4c(n3)C3(CCOC3)OCC4)cn([C@@H]3CCOC3)c2cn1. The van der Waals surface area contributed by atoms with Crippen LogP contribution in [0.5, 0.6) is 0 Å². The molecule has 6 heterocycles. The molecule has 1 spiro atoms. The zero-order valence-electron chi connectivity index (χ0n) is 18.1. The molecule has 3 aromatic heterocycles. The van der Waals surface area contributed by atoms with Crippen LogP contribution in [0.25, 0.3) is 22.2 Å². The maximum absolute atomic E-state index is 11.6. The number of hydrogen-bond donors (Lipinski definition) is 1. The molecule has 166 valence electrons. The third-order valence-electron chi connectivity index (χ3n) is 6.74. The molecule has 1 unspecified atom stereocenters. The fourth-order valence-corrected chi connectivity index (χ4v) is 5.15. The Balaban J connectivity index is 1.51. The number of nitrogens with zero attached hydrogens (tertiary/aromatic N) is 3. The molecular formula is C24H26N4O4. The molecule has 8 heteroatoms. The van der Waals surface area contributed by atoms with Crippen molar-refractivity contribution in [1.29, 1.82) is 0 Å². The second-order valence-electron chi connectivity index (χ2n) is 8.83. The van der Waals surface area contributed by atoms with Crippen molar-refractivity contribution in [3.8, 4) is 11.3 Å². The molecule has 3 aliphatic rings. The first-order valence-corrected chi connectivity index (χ1v) is 11.2. The molecule has 3 aromatic rings. The minimum Gasteiger partial charge on any atom is -0.379 e. The first kappa shape index (κ1) is 19.8. The first-order chi connectivity index (χ1) is 15.6. The highest BCUT2D eigenvalue weighted by molar-refractivity contribution is 5.98. The van der Waals surface area contributed by atoms with E-state index in [0.29, 0.717) is 32.2 Å². The summed E-state index contributed by atoms with van der Waals surface area (Å²) in [5.74, 6) is 0.392. The number of fused-ring (bicyclic) bond motifs is 3. The Kier molecular flexibility index (Phi) is 4.74. The van der Waals surface area contributed by atoms with Crippen molar-refractivity contribution >= 4 is 22.6 Å². The van der Waals surface area contributed by atoms with Crippen molar-refractivity contribution in [1.82, 2.24) is 14.5 Å². The minimum atomic E-state index is -0.440. The molecule has 0 aliphatic carbocycles. The highest BCUT2D eigenvalue weighted by Crippen LogP contribution is 2.41. The molecule has 2 atom stereocenters. The van der Waals surface area contributed by atoms with E-state index in [0.717, 1.165) is 53.7 Å². The summed E-state index contributed by atoms with van der Waals surface area (Å²) in [6, 6.07) is 6.47. The molecule has 0 aromatic carbocycles. The predicted molar refractivity (Wildman–Crippen MR) is 119 cm³/mol. The van der Waals surface area contributed by atoms with E-state index >= 15 is 0 Å². The molecule has 6 rings (SSSR count). The molecule has 0 bridgehead atoms. The van der Waals surface area contributed by atoms with E-state index in [1.807, 2.05) is 12.3 Å². The van der Waals surface area contributed by atoms with Gasteiger partial charge < -0.3 is 24.1 Å². The van der Waals surface area contributed by atoms with Gasteiger partial charge in [-0.1, -0.05) is 6.07 Å². The lowest BCUT2D eigenvalue weighted by molar-refractivity contribution is -0.114. The number of aromatic nitrogens is 3. The Labute approximate surface area is 185 Å². The largest absolute Gasteiger partial charge is 0.379 e. The lowest BCUT2D eigenvalue weighted by Gasteiger charge is -2.33. The van der Waals surface area contributed by atoms with E-state index in [2.05, 4.69) is 33.2 Å². The fourth-order valence-electron chi connectivity index (χ4n) is 5.15. The number of carbonyl (C=O) groups is 1. The number of hydrogen-bond acceptors (Lipinski definition) is 6. The molecule has 0 saturated carbocycles. The van der Waals surface area contributed by atoms with Crippen molar-refractivity contribution in [3.63, 3.8) is 0 Å². The molecule has 32 heavy (non-hydrogen) atoms. The predicted octanol–water partition coefficient (Wildman–Crippen LogP) is 3.21. The van der Waals surface area contributed by atoms with Crippen molar-refractivity contribution in [2.24, 2.45) is 0 Å². The number of carbonyl (C=O) groups excluding carboxylic acids is 1. The molecule has 3 aliphatic heterocycles. The van der Waals surface area contributed by atoms with E-state index in [1.54, 1.807) is 0 Å². The quantitative estimate of drug-likeness (QED) is 0.681. The van der Waals surface area contributed by atoms with Crippen LogP contribution in [0.3, 0.4) is 0 Å². The summed E-state index contributed by atoms with van der Waals surface area (Å²) in [5.41, 5.74) is 4.72. The van der Waals surface area contributed by atoms with Gasteiger partial charge in [-0.3, -0.25) is 4.79 Å². The van der Waals surface area contributed by atoms with Crippen LogP contribution in [0.4, 0.5) is 5.82 Å². The van der Waals surface area contributed by atoms with Gasteiger partial charge in [-0.25, -0.2) is 9.97 Å². The van der Waals surface area contributed by atoms with Gasteiger partial charge in [0.05, 0.1) is 49.0 Å². The van der Waals surface area contributed by atoms with Crippen molar-refractivity contribution in [3.05, 3.63) is 41.9 Å². The maximum Gasteiger partial charge on any atom is 0.222 e. The average Bonchev–Trinajstić information content (AvgIpc) is 3.54. The third-order valence-corrected chi connectivity index (χ3v) is 6.74.